The molecule has 0 amide bonds. The van der Waals surface area contributed by atoms with Crippen LogP contribution < -0.4 is 5.32 Å². The van der Waals surface area contributed by atoms with Gasteiger partial charge in [-0.2, -0.15) is 0 Å². The van der Waals surface area contributed by atoms with Crippen molar-refractivity contribution < 1.29 is 17.9 Å². The van der Waals surface area contributed by atoms with Gasteiger partial charge in [0.2, 0.25) is 0 Å². The molecule has 0 saturated carbocycles. The summed E-state index contributed by atoms with van der Waals surface area (Å²) >= 11 is 0. The van der Waals surface area contributed by atoms with Crippen molar-refractivity contribution in [2.45, 2.75) is 35.1 Å². The zero-order valence-electron chi connectivity index (χ0n) is 14.2. The van der Waals surface area contributed by atoms with E-state index in [2.05, 4.69) is 5.32 Å². The van der Waals surface area contributed by atoms with Crippen LogP contribution in [0, 0.1) is 0 Å². The molecule has 6 heteroatoms. The van der Waals surface area contributed by atoms with Crippen LogP contribution in [0.5, 0.6) is 0 Å². The molecule has 1 heterocycles. The topological polar surface area (TPSA) is 72.5 Å². The largest absolute Gasteiger partial charge is 0.468 e. The molecule has 3 rings (SSSR count). The third-order valence-electron chi connectivity index (χ3n) is 4.72. The van der Waals surface area contributed by atoms with E-state index in [1.807, 2.05) is 30.3 Å². The summed E-state index contributed by atoms with van der Waals surface area (Å²) in [6, 6.07) is 17.2. The van der Waals surface area contributed by atoms with E-state index in [0.29, 0.717) is 0 Å². The van der Waals surface area contributed by atoms with E-state index >= 15 is 0 Å². The lowest BCUT2D eigenvalue weighted by Crippen LogP contribution is -2.45. The summed E-state index contributed by atoms with van der Waals surface area (Å²) in [5.41, 5.74) is -0.221. The Balaban J connectivity index is 2.07. The van der Waals surface area contributed by atoms with E-state index in [9.17, 15) is 13.2 Å². The zero-order valence-corrected chi connectivity index (χ0v) is 15.0. The molecular formula is C19H21NO4S. The number of methoxy groups -OCH3 is 1. The lowest BCUT2D eigenvalue weighted by molar-refractivity contribution is -0.147. The van der Waals surface area contributed by atoms with E-state index in [4.69, 9.17) is 4.74 Å². The van der Waals surface area contributed by atoms with Gasteiger partial charge in [-0.15, -0.1) is 0 Å². The van der Waals surface area contributed by atoms with E-state index in [1.54, 1.807) is 37.3 Å². The quantitative estimate of drug-likeness (QED) is 0.849. The average Bonchev–Trinajstić information content (AvgIpc) is 3.02. The molecule has 1 aliphatic heterocycles. The molecule has 0 unspecified atom stereocenters. The van der Waals surface area contributed by atoms with Crippen LogP contribution in [-0.2, 0) is 19.4 Å². The molecule has 0 radical (unpaired) electrons. The standard InChI is InChI=1S/C19H21NO4S/c1-19(18(21)24-2)13-16(17(20-19)14-9-5-3-6-10-14)25(22,23)15-11-7-4-8-12-15/h3-12,16-17,20H,13H2,1-2H3/t16-,17+,19+/m0/s1. The first kappa shape index (κ1) is 17.6. The number of hydrogen-bond acceptors (Lipinski definition) is 5. The second-order valence-electron chi connectivity index (χ2n) is 6.46. The van der Waals surface area contributed by atoms with Crippen LogP contribution in [0.1, 0.15) is 24.9 Å². The summed E-state index contributed by atoms with van der Waals surface area (Å²) in [5, 5.41) is 2.44. The predicted octanol–water partition coefficient (Wildman–Crippen LogP) is 2.50. The van der Waals surface area contributed by atoms with Crippen molar-refractivity contribution in [1.29, 1.82) is 0 Å². The Bertz CT molecular complexity index is 852. The maximum Gasteiger partial charge on any atom is 0.325 e. The molecule has 0 aliphatic carbocycles. The molecule has 1 fully saturated rings. The first-order chi connectivity index (χ1) is 11.9. The normalized spacial score (nSPS) is 26.3. The maximum absolute atomic E-state index is 13.2. The van der Waals surface area contributed by atoms with E-state index in [0.717, 1.165) is 5.56 Å². The first-order valence-corrected chi connectivity index (χ1v) is 9.63. The first-order valence-electron chi connectivity index (χ1n) is 8.08. The highest BCUT2D eigenvalue weighted by Crippen LogP contribution is 2.40. The van der Waals surface area contributed by atoms with Crippen LogP contribution in [0.15, 0.2) is 65.6 Å². The number of ether oxygens (including phenoxy) is 1. The third kappa shape index (κ3) is 3.19. The molecule has 132 valence electrons. The molecule has 0 spiro atoms. The third-order valence-corrected chi connectivity index (χ3v) is 6.89. The number of hydrogen-bond donors (Lipinski definition) is 1. The summed E-state index contributed by atoms with van der Waals surface area (Å²) in [5.74, 6) is -0.459. The second-order valence-corrected chi connectivity index (χ2v) is 8.62. The van der Waals surface area contributed by atoms with Crippen LogP contribution >= 0.6 is 0 Å². The number of esters is 1. The Morgan fingerprint density at radius 2 is 1.64 bits per heavy atom. The van der Waals surface area contributed by atoms with Crippen LogP contribution in [0.3, 0.4) is 0 Å². The van der Waals surface area contributed by atoms with Crippen molar-refractivity contribution in [3.63, 3.8) is 0 Å². The molecule has 0 aromatic heterocycles. The van der Waals surface area contributed by atoms with Gasteiger partial charge in [-0.25, -0.2) is 8.42 Å². The van der Waals surface area contributed by atoms with Gasteiger partial charge in [-0.1, -0.05) is 48.5 Å². The van der Waals surface area contributed by atoms with Crippen molar-refractivity contribution in [1.82, 2.24) is 5.32 Å². The van der Waals surface area contributed by atoms with E-state index in [-0.39, 0.29) is 11.3 Å². The summed E-state index contributed by atoms with van der Waals surface area (Å²) in [6.07, 6.45) is 0.149. The minimum Gasteiger partial charge on any atom is -0.468 e. The molecule has 1 aliphatic rings. The molecule has 2 aromatic carbocycles. The molecule has 2 aromatic rings. The predicted molar refractivity (Wildman–Crippen MR) is 94.8 cm³/mol. The minimum absolute atomic E-state index is 0.149. The monoisotopic (exact) mass is 359 g/mol. The molecule has 1 N–H and O–H groups in total. The van der Waals surface area contributed by atoms with Gasteiger partial charge in [-0.05, 0) is 31.0 Å². The van der Waals surface area contributed by atoms with Crippen LogP contribution in [-0.4, -0.2) is 32.3 Å². The van der Waals surface area contributed by atoms with Gasteiger partial charge in [0.1, 0.15) is 5.54 Å². The highest BCUT2D eigenvalue weighted by Gasteiger charge is 2.52. The Morgan fingerprint density at radius 1 is 1.08 bits per heavy atom. The molecule has 25 heavy (non-hydrogen) atoms. The molecule has 1 saturated heterocycles. The number of sulfone groups is 1. The van der Waals surface area contributed by atoms with Gasteiger partial charge in [0.25, 0.3) is 0 Å². The van der Waals surface area contributed by atoms with Gasteiger partial charge in [0.05, 0.1) is 23.3 Å². The lowest BCUT2D eigenvalue weighted by Gasteiger charge is -2.22. The Kier molecular flexibility index (Phi) is 4.67. The molecule has 0 bridgehead atoms. The Morgan fingerprint density at radius 3 is 2.20 bits per heavy atom. The Hall–Kier alpha value is -2.18. The van der Waals surface area contributed by atoms with Gasteiger partial charge in [0.15, 0.2) is 9.84 Å². The van der Waals surface area contributed by atoms with E-state index in [1.165, 1.54) is 7.11 Å². The van der Waals surface area contributed by atoms with Gasteiger partial charge in [0, 0.05) is 0 Å². The summed E-state index contributed by atoms with van der Waals surface area (Å²) in [7, 11) is -2.31. The van der Waals surface area contributed by atoms with Crippen molar-refractivity contribution in [3.8, 4) is 0 Å². The number of rotatable bonds is 4. The fourth-order valence-corrected chi connectivity index (χ4v) is 5.44. The summed E-state index contributed by atoms with van der Waals surface area (Å²) in [6.45, 7) is 1.69. The fraction of sp³-hybridized carbons (Fsp3) is 0.316. The smallest absolute Gasteiger partial charge is 0.325 e. The van der Waals surface area contributed by atoms with Crippen LogP contribution in [0.2, 0.25) is 0 Å². The molecule has 3 atom stereocenters. The van der Waals surface area contributed by atoms with E-state index < -0.39 is 32.6 Å². The van der Waals surface area contributed by atoms with Crippen LogP contribution in [0.4, 0.5) is 0 Å². The summed E-state index contributed by atoms with van der Waals surface area (Å²) < 4.78 is 31.3. The fourth-order valence-electron chi connectivity index (χ4n) is 3.42. The lowest BCUT2D eigenvalue weighted by atomic mass is 10.00. The van der Waals surface area contributed by atoms with Crippen molar-refractivity contribution in [2.75, 3.05) is 7.11 Å². The SMILES string of the molecule is COC(=O)[C@@]1(C)C[C@H](S(=O)(=O)c2ccccc2)[C@@H](c2ccccc2)N1. The number of carbonyl (C=O) groups is 1. The maximum atomic E-state index is 13.2. The average molecular weight is 359 g/mol. The van der Waals surface area contributed by atoms with Crippen molar-refractivity contribution in [2.24, 2.45) is 0 Å². The highest BCUT2D eigenvalue weighted by molar-refractivity contribution is 7.92. The molecular weight excluding hydrogens is 338 g/mol. The number of benzene rings is 2. The number of carbonyl (C=O) groups excluding carboxylic acids is 1. The zero-order chi connectivity index (χ0) is 18.1. The van der Waals surface area contributed by atoms with Crippen LogP contribution in [0.25, 0.3) is 0 Å². The number of nitrogens with one attached hydrogen (secondary N) is 1. The molecule has 5 nitrogen and oxygen atoms in total. The minimum atomic E-state index is -3.62. The van der Waals surface area contributed by atoms with Gasteiger partial charge < -0.3 is 4.74 Å². The second kappa shape index (κ2) is 6.61. The van der Waals surface area contributed by atoms with Crippen molar-refractivity contribution >= 4 is 15.8 Å². The summed E-state index contributed by atoms with van der Waals surface area (Å²) in [4.78, 5) is 12.5. The highest BCUT2D eigenvalue weighted by atomic mass is 32.2. The van der Waals surface area contributed by atoms with Gasteiger partial charge in [-0.3, -0.25) is 10.1 Å². The Labute approximate surface area is 147 Å². The van der Waals surface area contributed by atoms with Gasteiger partial charge >= 0.3 is 5.97 Å². The van der Waals surface area contributed by atoms with Crippen molar-refractivity contribution in [3.05, 3.63) is 66.2 Å².